The predicted octanol–water partition coefficient (Wildman–Crippen LogP) is 3.01. The van der Waals surface area contributed by atoms with E-state index in [1.807, 2.05) is 39.0 Å². The summed E-state index contributed by atoms with van der Waals surface area (Å²) in [4.78, 5) is 26.4. The molecule has 0 bridgehead atoms. The van der Waals surface area contributed by atoms with Gasteiger partial charge in [-0.3, -0.25) is 4.79 Å². The van der Waals surface area contributed by atoms with Gasteiger partial charge in [0.2, 0.25) is 0 Å². The first-order valence-electron chi connectivity index (χ1n) is 9.72. The Morgan fingerprint density at radius 2 is 1.93 bits per heavy atom. The number of carbonyl (C=O) groups excluding carboxylic acids is 2. The number of hydrogen-bond acceptors (Lipinski definition) is 5. The number of nitrogens with one attached hydrogen (secondary N) is 1. The van der Waals surface area contributed by atoms with Gasteiger partial charge in [-0.1, -0.05) is 30.3 Å². The van der Waals surface area contributed by atoms with Crippen LogP contribution in [-0.4, -0.2) is 54.8 Å². The van der Waals surface area contributed by atoms with Crippen molar-refractivity contribution < 1.29 is 19.1 Å². The fourth-order valence-corrected chi connectivity index (χ4v) is 3.22. The van der Waals surface area contributed by atoms with Crippen LogP contribution in [0.4, 0.5) is 4.79 Å². The van der Waals surface area contributed by atoms with Gasteiger partial charge in [0.25, 0.3) is 0 Å². The summed E-state index contributed by atoms with van der Waals surface area (Å²) in [6, 6.07) is 10.2. The second-order valence-electron chi connectivity index (χ2n) is 7.87. The van der Waals surface area contributed by atoms with Crippen LogP contribution >= 0.6 is 0 Å². The molecule has 0 aliphatic carbocycles. The molecule has 0 unspecified atom stereocenters. The number of hydrogen-bond donors (Lipinski definition) is 1. The third-order valence-electron chi connectivity index (χ3n) is 4.52. The molecule has 27 heavy (non-hydrogen) atoms. The minimum Gasteiger partial charge on any atom is -0.466 e. The number of esters is 1. The minimum atomic E-state index is -0.554. The molecular weight excluding hydrogens is 344 g/mol. The number of benzene rings is 1. The fraction of sp³-hybridized carbons (Fsp3) is 0.619. The fourth-order valence-electron chi connectivity index (χ4n) is 3.22. The van der Waals surface area contributed by atoms with Gasteiger partial charge in [-0.15, -0.1) is 0 Å². The molecule has 1 heterocycles. The molecule has 1 aromatic carbocycles. The summed E-state index contributed by atoms with van der Waals surface area (Å²) in [5, 5.41) is 3.49. The van der Waals surface area contributed by atoms with E-state index in [4.69, 9.17) is 9.47 Å². The third-order valence-corrected chi connectivity index (χ3v) is 4.52. The molecule has 1 fully saturated rings. The van der Waals surface area contributed by atoms with Crippen LogP contribution in [0.1, 0.15) is 39.7 Å². The van der Waals surface area contributed by atoms with Crippen molar-refractivity contribution in [3.63, 3.8) is 0 Å². The van der Waals surface area contributed by atoms with Crippen molar-refractivity contribution in [2.45, 2.75) is 52.2 Å². The number of rotatable bonds is 6. The van der Waals surface area contributed by atoms with Crippen molar-refractivity contribution in [2.75, 3.05) is 26.2 Å². The maximum absolute atomic E-state index is 12.5. The predicted molar refractivity (Wildman–Crippen MR) is 104 cm³/mol. The molecule has 6 heteroatoms. The number of carbonyl (C=O) groups is 2. The van der Waals surface area contributed by atoms with Gasteiger partial charge >= 0.3 is 12.1 Å². The quantitative estimate of drug-likeness (QED) is 0.773. The minimum absolute atomic E-state index is 0.00792. The number of likely N-dealkylation sites (tertiary alicyclic amines) is 1. The lowest BCUT2D eigenvalue weighted by Crippen LogP contribution is -2.55. The zero-order valence-electron chi connectivity index (χ0n) is 16.9. The van der Waals surface area contributed by atoms with Crippen molar-refractivity contribution in [1.29, 1.82) is 0 Å². The highest BCUT2D eigenvalue weighted by Gasteiger charge is 2.38. The Morgan fingerprint density at radius 1 is 1.22 bits per heavy atom. The topological polar surface area (TPSA) is 67.9 Å². The maximum atomic E-state index is 12.5. The van der Waals surface area contributed by atoms with Crippen molar-refractivity contribution >= 4 is 12.1 Å². The van der Waals surface area contributed by atoms with Gasteiger partial charge in [0.1, 0.15) is 5.60 Å². The smallest absolute Gasteiger partial charge is 0.410 e. The van der Waals surface area contributed by atoms with E-state index in [1.54, 1.807) is 11.8 Å². The van der Waals surface area contributed by atoms with Gasteiger partial charge in [-0.2, -0.15) is 0 Å². The van der Waals surface area contributed by atoms with Gasteiger partial charge in [-0.05, 0) is 52.6 Å². The maximum Gasteiger partial charge on any atom is 0.410 e. The summed E-state index contributed by atoms with van der Waals surface area (Å²) in [6.07, 6.45) is 1.21. The highest BCUT2D eigenvalue weighted by molar-refractivity contribution is 5.75. The SMILES string of the molecule is CCOC(=O)[C@H]1CN(C(=O)OC(C)(C)C)CC[C@H]1NCCc1ccccc1. The van der Waals surface area contributed by atoms with Crippen molar-refractivity contribution in [3.05, 3.63) is 35.9 Å². The molecular formula is C21H32N2O4. The summed E-state index contributed by atoms with van der Waals surface area (Å²) < 4.78 is 10.7. The zero-order valence-corrected chi connectivity index (χ0v) is 16.9. The standard InChI is InChI=1S/C21H32N2O4/c1-5-26-19(24)17-15-23(20(25)27-21(2,3)4)14-12-18(17)22-13-11-16-9-7-6-8-10-16/h6-10,17-18,22H,5,11-15H2,1-4H3/t17-,18+/m0/s1. The number of piperidine rings is 1. The summed E-state index contributed by atoms with van der Waals surface area (Å²) >= 11 is 0. The van der Waals surface area contributed by atoms with E-state index in [0.717, 1.165) is 13.0 Å². The van der Waals surface area contributed by atoms with Crippen LogP contribution in [0.5, 0.6) is 0 Å². The highest BCUT2D eigenvalue weighted by Crippen LogP contribution is 2.21. The molecule has 1 saturated heterocycles. The van der Waals surface area contributed by atoms with Crippen LogP contribution in [0.2, 0.25) is 0 Å². The monoisotopic (exact) mass is 376 g/mol. The Balaban J connectivity index is 1.95. The van der Waals surface area contributed by atoms with E-state index in [-0.39, 0.29) is 24.0 Å². The molecule has 2 atom stereocenters. The Hall–Kier alpha value is -2.08. The Labute approximate surface area is 162 Å². The van der Waals surface area contributed by atoms with Gasteiger partial charge < -0.3 is 19.7 Å². The zero-order chi connectivity index (χ0) is 19.9. The first kappa shape index (κ1) is 21.2. The van der Waals surface area contributed by atoms with Gasteiger partial charge in [0.05, 0.1) is 12.5 Å². The first-order valence-corrected chi connectivity index (χ1v) is 9.72. The summed E-state index contributed by atoms with van der Waals surface area (Å²) in [7, 11) is 0. The normalized spacial score (nSPS) is 20.2. The van der Waals surface area contributed by atoms with Crippen LogP contribution in [-0.2, 0) is 20.7 Å². The Bertz CT molecular complexity index is 612. The third kappa shape index (κ3) is 6.86. The van der Waals surface area contributed by atoms with Crippen molar-refractivity contribution in [3.8, 4) is 0 Å². The van der Waals surface area contributed by atoms with E-state index in [0.29, 0.717) is 26.1 Å². The summed E-state index contributed by atoms with van der Waals surface area (Å²) in [6.45, 7) is 9.30. The van der Waals surface area contributed by atoms with E-state index < -0.39 is 5.60 Å². The molecule has 1 aliphatic rings. The highest BCUT2D eigenvalue weighted by atomic mass is 16.6. The number of ether oxygens (including phenoxy) is 2. The van der Waals surface area contributed by atoms with E-state index in [9.17, 15) is 9.59 Å². The van der Waals surface area contributed by atoms with Gasteiger partial charge in [0, 0.05) is 19.1 Å². The molecule has 2 rings (SSSR count). The molecule has 1 N–H and O–H groups in total. The summed E-state index contributed by atoms with van der Waals surface area (Å²) in [5.74, 6) is -0.648. The molecule has 1 aliphatic heterocycles. The van der Waals surface area contributed by atoms with Crippen molar-refractivity contribution in [2.24, 2.45) is 5.92 Å². The number of amides is 1. The second-order valence-corrected chi connectivity index (χ2v) is 7.87. The van der Waals surface area contributed by atoms with Crippen LogP contribution in [0.25, 0.3) is 0 Å². The van der Waals surface area contributed by atoms with Crippen LogP contribution in [0.3, 0.4) is 0 Å². The molecule has 0 aromatic heterocycles. The molecule has 1 amide bonds. The molecule has 0 saturated carbocycles. The van der Waals surface area contributed by atoms with Crippen molar-refractivity contribution in [1.82, 2.24) is 10.2 Å². The molecule has 1 aromatic rings. The van der Waals surface area contributed by atoms with E-state index >= 15 is 0 Å². The largest absolute Gasteiger partial charge is 0.466 e. The lowest BCUT2D eigenvalue weighted by molar-refractivity contribution is -0.150. The molecule has 0 radical (unpaired) electrons. The van der Waals surface area contributed by atoms with Crippen LogP contribution in [0.15, 0.2) is 30.3 Å². The molecule has 6 nitrogen and oxygen atoms in total. The first-order chi connectivity index (χ1) is 12.8. The average Bonchev–Trinajstić information content (AvgIpc) is 2.61. The Kier molecular flexibility index (Phi) is 7.66. The number of nitrogens with zero attached hydrogens (tertiary/aromatic N) is 1. The van der Waals surface area contributed by atoms with Gasteiger partial charge in [0.15, 0.2) is 0 Å². The molecule has 150 valence electrons. The molecule has 0 spiro atoms. The lowest BCUT2D eigenvalue weighted by atomic mass is 9.92. The summed E-state index contributed by atoms with van der Waals surface area (Å²) in [5.41, 5.74) is 0.699. The average molecular weight is 376 g/mol. The van der Waals surface area contributed by atoms with Crippen LogP contribution < -0.4 is 5.32 Å². The Morgan fingerprint density at radius 3 is 2.56 bits per heavy atom. The van der Waals surface area contributed by atoms with Gasteiger partial charge in [-0.25, -0.2) is 4.79 Å². The second kappa shape index (κ2) is 9.74. The lowest BCUT2D eigenvalue weighted by Gasteiger charge is -2.38. The van der Waals surface area contributed by atoms with E-state index in [1.165, 1.54) is 5.56 Å². The van der Waals surface area contributed by atoms with E-state index in [2.05, 4.69) is 17.4 Å². The van der Waals surface area contributed by atoms with Crippen LogP contribution in [0, 0.1) is 5.92 Å².